The maximum atomic E-state index is 9.46. The molecular weight excluding hydrogens is 218 g/mol. The fourth-order valence-corrected chi connectivity index (χ4v) is 1.68. The molecule has 1 rings (SSSR count). The monoisotopic (exact) mass is 239 g/mol. The van der Waals surface area contributed by atoms with Crippen LogP contribution >= 0.6 is 0 Å². The van der Waals surface area contributed by atoms with Gasteiger partial charge in [0, 0.05) is 20.2 Å². The molecule has 0 heterocycles. The van der Waals surface area contributed by atoms with E-state index in [2.05, 4.69) is 11.4 Å². The lowest BCUT2D eigenvalue weighted by Crippen LogP contribution is -2.29. The van der Waals surface area contributed by atoms with E-state index in [1.54, 1.807) is 14.2 Å². The number of methoxy groups -OCH3 is 2. The van der Waals surface area contributed by atoms with Crippen LogP contribution < -0.4 is 10.1 Å². The fraction of sp³-hybridized carbons (Fsp3) is 0.538. The van der Waals surface area contributed by atoms with E-state index in [-0.39, 0.29) is 0 Å². The van der Waals surface area contributed by atoms with Gasteiger partial charge in [-0.05, 0) is 24.1 Å². The molecule has 0 aliphatic carbocycles. The van der Waals surface area contributed by atoms with Gasteiger partial charge in [-0.3, -0.25) is 0 Å². The second-order valence-electron chi connectivity index (χ2n) is 4.04. The van der Waals surface area contributed by atoms with Gasteiger partial charge in [0.15, 0.2) is 0 Å². The Bertz CT molecular complexity index is 341. The van der Waals surface area contributed by atoms with E-state index in [9.17, 15) is 5.11 Å². The van der Waals surface area contributed by atoms with Crippen molar-refractivity contribution in [2.24, 2.45) is 0 Å². The Morgan fingerprint density at radius 2 is 2.12 bits per heavy atom. The zero-order valence-electron chi connectivity index (χ0n) is 10.7. The highest BCUT2D eigenvalue weighted by Gasteiger charge is 2.03. The molecule has 1 unspecified atom stereocenters. The van der Waals surface area contributed by atoms with Crippen molar-refractivity contribution in [2.45, 2.75) is 19.6 Å². The Morgan fingerprint density at radius 1 is 1.35 bits per heavy atom. The molecule has 0 fully saturated rings. The van der Waals surface area contributed by atoms with Crippen LogP contribution in [0.5, 0.6) is 5.75 Å². The molecule has 96 valence electrons. The lowest BCUT2D eigenvalue weighted by Gasteiger charge is -2.11. The Labute approximate surface area is 103 Å². The van der Waals surface area contributed by atoms with Crippen LogP contribution in [-0.2, 0) is 11.3 Å². The van der Waals surface area contributed by atoms with Crippen molar-refractivity contribution in [3.8, 4) is 5.75 Å². The Hall–Kier alpha value is -1.10. The number of nitrogens with one attached hydrogen (secondary N) is 1. The smallest absolute Gasteiger partial charge is 0.121 e. The van der Waals surface area contributed by atoms with Crippen molar-refractivity contribution in [1.82, 2.24) is 5.32 Å². The number of hydrogen-bond donors (Lipinski definition) is 2. The summed E-state index contributed by atoms with van der Waals surface area (Å²) in [5.74, 6) is 0.896. The summed E-state index contributed by atoms with van der Waals surface area (Å²) in [4.78, 5) is 0. The van der Waals surface area contributed by atoms with Gasteiger partial charge in [0.05, 0.1) is 19.8 Å². The number of aryl methyl sites for hydroxylation is 1. The number of aliphatic hydroxyl groups excluding tert-OH is 1. The minimum Gasteiger partial charge on any atom is -0.496 e. The molecule has 0 saturated carbocycles. The third-order valence-electron chi connectivity index (χ3n) is 2.53. The van der Waals surface area contributed by atoms with Crippen LogP contribution in [-0.4, -0.2) is 38.6 Å². The molecule has 1 aromatic carbocycles. The Balaban J connectivity index is 2.39. The molecule has 0 aromatic heterocycles. The minimum absolute atomic E-state index is 0.356. The molecule has 2 N–H and O–H groups in total. The van der Waals surface area contributed by atoms with E-state index in [4.69, 9.17) is 9.47 Å². The van der Waals surface area contributed by atoms with Crippen molar-refractivity contribution >= 4 is 0 Å². The van der Waals surface area contributed by atoms with Gasteiger partial charge in [0.25, 0.3) is 0 Å². The number of rotatable bonds is 7. The molecule has 0 radical (unpaired) electrons. The first-order valence-corrected chi connectivity index (χ1v) is 5.68. The Kier molecular flexibility index (Phi) is 5.97. The second-order valence-corrected chi connectivity index (χ2v) is 4.04. The predicted octanol–water partition coefficient (Wildman–Crippen LogP) is 1.10. The molecule has 0 saturated heterocycles. The molecule has 0 aliphatic rings. The topological polar surface area (TPSA) is 50.7 Å². The zero-order chi connectivity index (χ0) is 12.7. The van der Waals surface area contributed by atoms with Crippen LogP contribution in [0.25, 0.3) is 0 Å². The molecule has 4 nitrogen and oxygen atoms in total. The van der Waals surface area contributed by atoms with Crippen LogP contribution in [0, 0.1) is 6.92 Å². The van der Waals surface area contributed by atoms with E-state index in [1.165, 1.54) is 5.56 Å². The zero-order valence-corrected chi connectivity index (χ0v) is 10.7. The summed E-state index contributed by atoms with van der Waals surface area (Å²) >= 11 is 0. The third-order valence-corrected chi connectivity index (χ3v) is 2.53. The van der Waals surface area contributed by atoms with Crippen molar-refractivity contribution in [2.75, 3.05) is 27.4 Å². The van der Waals surface area contributed by atoms with Crippen molar-refractivity contribution in [3.05, 3.63) is 29.3 Å². The lowest BCUT2D eigenvalue weighted by atomic mass is 10.1. The largest absolute Gasteiger partial charge is 0.496 e. The van der Waals surface area contributed by atoms with E-state index in [1.807, 2.05) is 19.1 Å². The standard InChI is InChI=1S/C13H21NO3/c1-10-6-11(4-5-13(10)17-3)7-14-8-12(15)9-16-2/h4-6,12,14-15H,7-9H2,1-3H3. The first-order valence-electron chi connectivity index (χ1n) is 5.68. The minimum atomic E-state index is -0.459. The summed E-state index contributed by atoms with van der Waals surface area (Å²) in [5.41, 5.74) is 2.29. The Morgan fingerprint density at radius 3 is 2.71 bits per heavy atom. The van der Waals surface area contributed by atoms with Gasteiger partial charge in [-0.25, -0.2) is 0 Å². The summed E-state index contributed by atoms with van der Waals surface area (Å²) < 4.78 is 10.0. The molecular formula is C13H21NO3. The van der Waals surface area contributed by atoms with Crippen LogP contribution in [0.15, 0.2) is 18.2 Å². The van der Waals surface area contributed by atoms with Crippen LogP contribution in [0.4, 0.5) is 0 Å². The highest BCUT2D eigenvalue weighted by atomic mass is 16.5. The normalized spacial score (nSPS) is 12.5. The van der Waals surface area contributed by atoms with E-state index >= 15 is 0 Å². The molecule has 0 spiro atoms. The molecule has 1 aromatic rings. The molecule has 0 aliphatic heterocycles. The van der Waals surface area contributed by atoms with Crippen LogP contribution in [0.3, 0.4) is 0 Å². The maximum Gasteiger partial charge on any atom is 0.121 e. The highest BCUT2D eigenvalue weighted by Crippen LogP contribution is 2.18. The average Bonchev–Trinajstić information content (AvgIpc) is 2.29. The summed E-state index contributed by atoms with van der Waals surface area (Å²) in [5, 5.41) is 12.6. The fourth-order valence-electron chi connectivity index (χ4n) is 1.68. The van der Waals surface area contributed by atoms with Crippen LogP contribution in [0.2, 0.25) is 0 Å². The van der Waals surface area contributed by atoms with E-state index < -0.39 is 6.10 Å². The molecule has 4 heteroatoms. The van der Waals surface area contributed by atoms with Gasteiger partial charge in [-0.1, -0.05) is 12.1 Å². The third kappa shape index (κ3) is 4.73. The molecule has 0 amide bonds. The molecule has 0 bridgehead atoms. The van der Waals surface area contributed by atoms with Crippen molar-refractivity contribution in [1.29, 1.82) is 0 Å². The summed E-state index contributed by atoms with van der Waals surface area (Å²) in [6.07, 6.45) is -0.459. The summed E-state index contributed by atoms with van der Waals surface area (Å²) in [6.45, 7) is 3.63. The quantitative estimate of drug-likeness (QED) is 0.748. The first kappa shape index (κ1) is 14.0. The first-order chi connectivity index (χ1) is 8.17. The van der Waals surface area contributed by atoms with E-state index in [0.717, 1.165) is 17.9 Å². The van der Waals surface area contributed by atoms with Gasteiger partial charge >= 0.3 is 0 Å². The molecule has 1 atom stereocenters. The number of ether oxygens (including phenoxy) is 2. The maximum absolute atomic E-state index is 9.46. The number of aliphatic hydroxyl groups is 1. The van der Waals surface area contributed by atoms with Gasteiger partial charge in [-0.15, -0.1) is 0 Å². The predicted molar refractivity (Wildman–Crippen MR) is 67.3 cm³/mol. The van der Waals surface area contributed by atoms with E-state index in [0.29, 0.717) is 13.2 Å². The van der Waals surface area contributed by atoms with Gasteiger partial charge in [0.1, 0.15) is 5.75 Å². The van der Waals surface area contributed by atoms with Crippen LogP contribution in [0.1, 0.15) is 11.1 Å². The van der Waals surface area contributed by atoms with Gasteiger partial charge in [-0.2, -0.15) is 0 Å². The average molecular weight is 239 g/mol. The summed E-state index contributed by atoms with van der Waals surface area (Å²) in [6, 6.07) is 6.05. The number of hydrogen-bond acceptors (Lipinski definition) is 4. The lowest BCUT2D eigenvalue weighted by molar-refractivity contribution is 0.0644. The highest BCUT2D eigenvalue weighted by molar-refractivity contribution is 5.36. The summed E-state index contributed by atoms with van der Waals surface area (Å²) in [7, 11) is 3.25. The van der Waals surface area contributed by atoms with Crippen molar-refractivity contribution in [3.63, 3.8) is 0 Å². The van der Waals surface area contributed by atoms with Gasteiger partial charge in [0.2, 0.25) is 0 Å². The molecule has 17 heavy (non-hydrogen) atoms. The second kappa shape index (κ2) is 7.27. The number of benzene rings is 1. The SMILES string of the molecule is COCC(O)CNCc1ccc(OC)c(C)c1. The van der Waals surface area contributed by atoms with Crippen molar-refractivity contribution < 1.29 is 14.6 Å². The van der Waals surface area contributed by atoms with Gasteiger partial charge < -0.3 is 19.9 Å².